The molecule has 0 bridgehead atoms. The molecule has 0 N–H and O–H groups in total. The molecule has 0 aromatic heterocycles. The highest BCUT2D eigenvalue weighted by atomic mass is 16.7. The Morgan fingerprint density at radius 2 is 1.84 bits per heavy atom. The summed E-state index contributed by atoms with van der Waals surface area (Å²) in [6.07, 6.45) is 23.2. The normalized spacial score (nSPS) is 34.4. The van der Waals surface area contributed by atoms with Crippen LogP contribution >= 0.6 is 0 Å². The van der Waals surface area contributed by atoms with E-state index < -0.39 is 0 Å². The van der Waals surface area contributed by atoms with Crippen molar-refractivity contribution in [2.24, 2.45) is 17.3 Å². The summed E-state index contributed by atoms with van der Waals surface area (Å²) in [5, 5.41) is 0. The van der Waals surface area contributed by atoms with Gasteiger partial charge in [-0.05, 0) is 102 Å². The molecule has 4 heteroatoms. The number of hydrogen-bond acceptors (Lipinski definition) is 4. The molecule has 0 amide bonds. The minimum absolute atomic E-state index is 0.0630. The van der Waals surface area contributed by atoms with Crippen LogP contribution in [0.4, 0.5) is 0 Å². The van der Waals surface area contributed by atoms with E-state index in [1.807, 2.05) is 0 Å². The second-order valence-corrected chi connectivity index (χ2v) is 11.6. The largest absolute Gasteiger partial charge is 0.359 e. The third kappa shape index (κ3) is 9.08. The van der Waals surface area contributed by atoms with Crippen molar-refractivity contribution in [2.75, 3.05) is 20.5 Å². The summed E-state index contributed by atoms with van der Waals surface area (Å²) in [6, 6.07) is 0. The predicted octanol–water partition coefficient (Wildman–Crippen LogP) is 7.41. The molecule has 32 heavy (non-hydrogen) atoms. The van der Waals surface area contributed by atoms with Crippen LogP contribution in [-0.2, 0) is 18.9 Å². The molecular weight excluding hydrogens is 400 g/mol. The Hall–Kier alpha value is -0.420. The molecule has 3 atom stereocenters. The molecule has 1 heterocycles. The summed E-state index contributed by atoms with van der Waals surface area (Å²) >= 11 is 0. The van der Waals surface area contributed by atoms with Crippen LogP contribution in [0.25, 0.3) is 0 Å². The van der Waals surface area contributed by atoms with Crippen molar-refractivity contribution in [3.05, 3.63) is 12.2 Å². The maximum absolute atomic E-state index is 6.24. The highest BCUT2D eigenvalue weighted by Crippen LogP contribution is 2.41. The van der Waals surface area contributed by atoms with Crippen LogP contribution in [-0.4, -0.2) is 38.5 Å². The minimum Gasteiger partial charge on any atom is -0.359 e. The Morgan fingerprint density at radius 3 is 2.56 bits per heavy atom. The molecule has 0 radical (unpaired) electrons. The van der Waals surface area contributed by atoms with Gasteiger partial charge in [-0.1, -0.05) is 38.3 Å². The number of ether oxygens (including phenoxy) is 4. The van der Waals surface area contributed by atoms with Gasteiger partial charge in [-0.15, -0.1) is 0 Å². The lowest BCUT2D eigenvalue weighted by molar-refractivity contribution is -0.195. The maximum atomic E-state index is 6.24. The van der Waals surface area contributed by atoms with Gasteiger partial charge in [0.15, 0.2) is 6.29 Å². The molecule has 2 aliphatic carbocycles. The Bertz CT molecular complexity index is 544. The number of hydrogen-bond donors (Lipinski definition) is 0. The summed E-state index contributed by atoms with van der Waals surface area (Å²) in [5.41, 5.74) is 0.291. The van der Waals surface area contributed by atoms with E-state index in [0.717, 1.165) is 31.3 Å². The lowest BCUT2D eigenvalue weighted by Gasteiger charge is -2.37. The third-order valence-electron chi connectivity index (χ3n) is 8.12. The Morgan fingerprint density at radius 1 is 1.03 bits per heavy atom. The Labute approximate surface area is 197 Å². The molecule has 3 rings (SSSR count). The van der Waals surface area contributed by atoms with Crippen LogP contribution in [0.1, 0.15) is 111 Å². The molecule has 0 spiro atoms. The first-order valence-electron chi connectivity index (χ1n) is 13.5. The Balaban J connectivity index is 1.29. The van der Waals surface area contributed by atoms with Crippen LogP contribution in [0.5, 0.6) is 0 Å². The van der Waals surface area contributed by atoms with E-state index in [1.165, 1.54) is 77.0 Å². The average molecular weight is 451 g/mol. The first-order valence-corrected chi connectivity index (χ1v) is 13.5. The molecular formula is C28H50O4. The topological polar surface area (TPSA) is 36.9 Å². The summed E-state index contributed by atoms with van der Waals surface area (Å²) < 4.78 is 22.8. The highest BCUT2D eigenvalue weighted by molar-refractivity contribution is 5.03. The molecule has 1 aliphatic heterocycles. The molecule has 186 valence electrons. The summed E-state index contributed by atoms with van der Waals surface area (Å²) in [5.74, 6) is 1.71. The predicted molar refractivity (Wildman–Crippen MR) is 131 cm³/mol. The monoisotopic (exact) mass is 450 g/mol. The van der Waals surface area contributed by atoms with Gasteiger partial charge in [-0.25, -0.2) is 0 Å². The SMILES string of the molecule is COCOC(C)(C)CCCC[C@H]1CC[C@@H](/C=C/C2(C)CCC(OC3CCCCO3)CC2)C1. The standard InChI is InChI=1S/C28H50O4/c1-27(2,31-22-29-4)16-7-5-9-23-11-12-24(21-23)13-17-28(3)18-14-25(15-19-28)32-26-10-6-8-20-30-26/h13,17,23-26H,5-12,14-16,18-22H2,1-4H3/b17-13+/t23-,24-,25?,26?,28?/m0/s1. The van der Waals surface area contributed by atoms with Gasteiger partial charge < -0.3 is 18.9 Å². The molecule has 3 aliphatic rings. The van der Waals surface area contributed by atoms with Crippen LogP contribution in [0.15, 0.2) is 12.2 Å². The van der Waals surface area contributed by atoms with Gasteiger partial charge >= 0.3 is 0 Å². The first kappa shape index (κ1) is 26.2. The second kappa shape index (κ2) is 12.9. The van der Waals surface area contributed by atoms with Crippen molar-refractivity contribution < 1.29 is 18.9 Å². The first-order chi connectivity index (χ1) is 15.4. The number of methoxy groups -OCH3 is 1. The zero-order valence-electron chi connectivity index (χ0n) is 21.4. The van der Waals surface area contributed by atoms with Crippen molar-refractivity contribution in [1.29, 1.82) is 0 Å². The van der Waals surface area contributed by atoms with Gasteiger partial charge in [0.25, 0.3) is 0 Å². The van der Waals surface area contributed by atoms with E-state index in [4.69, 9.17) is 18.9 Å². The quantitative estimate of drug-likeness (QED) is 0.176. The van der Waals surface area contributed by atoms with E-state index >= 15 is 0 Å². The molecule has 3 fully saturated rings. The van der Waals surface area contributed by atoms with E-state index in [-0.39, 0.29) is 11.9 Å². The fourth-order valence-corrected chi connectivity index (χ4v) is 5.78. The van der Waals surface area contributed by atoms with E-state index in [9.17, 15) is 0 Å². The van der Waals surface area contributed by atoms with Crippen LogP contribution in [0.3, 0.4) is 0 Å². The van der Waals surface area contributed by atoms with Crippen molar-refractivity contribution in [3.63, 3.8) is 0 Å². The van der Waals surface area contributed by atoms with Crippen LogP contribution < -0.4 is 0 Å². The molecule has 0 aromatic rings. The van der Waals surface area contributed by atoms with Crippen molar-refractivity contribution >= 4 is 0 Å². The number of unbranched alkanes of at least 4 members (excludes halogenated alkanes) is 1. The van der Waals surface area contributed by atoms with E-state index in [2.05, 4.69) is 32.9 Å². The number of allylic oxidation sites excluding steroid dienone is 2. The van der Waals surface area contributed by atoms with Crippen molar-refractivity contribution in [1.82, 2.24) is 0 Å². The lowest BCUT2D eigenvalue weighted by Crippen LogP contribution is -2.33. The Kier molecular flexibility index (Phi) is 10.5. The molecule has 1 saturated heterocycles. The van der Waals surface area contributed by atoms with Gasteiger partial charge in [0.1, 0.15) is 6.79 Å². The second-order valence-electron chi connectivity index (χ2n) is 11.6. The van der Waals surface area contributed by atoms with E-state index in [1.54, 1.807) is 7.11 Å². The summed E-state index contributed by atoms with van der Waals surface area (Å²) in [6.45, 7) is 8.07. The zero-order valence-corrected chi connectivity index (χ0v) is 21.4. The maximum Gasteiger partial charge on any atom is 0.157 e. The summed E-state index contributed by atoms with van der Waals surface area (Å²) in [4.78, 5) is 0. The minimum atomic E-state index is -0.0696. The van der Waals surface area contributed by atoms with Gasteiger partial charge in [0, 0.05) is 13.7 Å². The molecule has 0 aromatic carbocycles. The fraction of sp³-hybridized carbons (Fsp3) is 0.929. The van der Waals surface area contributed by atoms with Crippen LogP contribution in [0.2, 0.25) is 0 Å². The van der Waals surface area contributed by atoms with Gasteiger partial charge in [-0.3, -0.25) is 0 Å². The van der Waals surface area contributed by atoms with Gasteiger partial charge in [0.05, 0.1) is 11.7 Å². The molecule has 1 unspecified atom stereocenters. The van der Waals surface area contributed by atoms with Crippen molar-refractivity contribution in [2.45, 2.75) is 129 Å². The van der Waals surface area contributed by atoms with Gasteiger partial charge in [0.2, 0.25) is 0 Å². The van der Waals surface area contributed by atoms with Crippen LogP contribution in [0, 0.1) is 17.3 Å². The third-order valence-corrected chi connectivity index (χ3v) is 8.12. The zero-order chi connectivity index (χ0) is 22.9. The lowest BCUT2D eigenvalue weighted by atomic mass is 9.74. The number of rotatable bonds is 12. The summed E-state index contributed by atoms with van der Waals surface area (Å²) in [7, 11) is 1.69. The van der Waals surface area contributed by atoms with Gasteiger partial charge in [-0.2, -0.15) is 0 Å². The fourth-order valence-electron chi connectivity index (χ4n) is 5.78. The van der Waals surface area contributed by atoms with Crippen molar-refractivity contribution in [3.8, 4) is 0 Å². The average Bonchev–Trinajstić information content (AvgIpc) is 3.25. The smallest absolute Gasteiger partial charge is 0.157 e. The van der Waals surface area contributed by atoms with E-state index in [0.29, 0.717) is 18.3 Å². The molecule has 2 saturated carbocycles. The highest BCUT2D eigenvalue weighted by Gasteiger charge is 2.32. The molecule has 4 nitrogen and oxygen atoms in total.